The highest BCUT2D eigenvalue weighted by Gasteiger charge is 2.26. The van der Waals surface area contributed by atoms with E-state index in [9.17, 15) is 19.5 Å². The number of aliphatic carboxylic acids is 1. The van der Waals surface area contributed by atoms with Gasteiger partial charge in [-0.15, -0.1) is 0 Å². The average Bonchev–Trinajstić information content (AvgIpc) is 2.37. The molecule has 0 aromatic carbocycles. The van der Waals surface area contributed by atoms with Gasteiger partial charge in [-0.2, -0.15) is 0 Å². The Morgan fingerprint density at radius 1 is 1.17 bits per heavy atom. The third-order valence-electron chi connectivity index (χ3n) is 3.09. The van der Waals surface area contributed by atoms with E-state index < -0.39 is 36.2 Å². The van der Waals surface area contributed by atoms with Crippen molar-refractivity contribution < 1.29 is 29.3 Å². The molecule has 0 heterocycles. The quantitative estimate of drug-likeness (QED) is 0.466. The van der Waals surface area contributed by atoms with Crippen LogP contribution in [0.25, 0.3) is 0 Å². The van der Waals surface area contributed by atoms with Crippen molar-refractivity contribution in [1.82, 2.24) is 10.6 Å². The number of hydrogen-bond acceptors (Lipinski definition) is 5. The third-order valence-corrected chi connectivity index (χ3v) is 3.09. The Labute approximate surface area is 142 Å². The highest BCUT2D eigenvalue weighted by Crippen LogP contribution is 2.10. The highest BCUT2D eigenvalue weighted by molar-refractivity contribution is 5.76. The van der Waals surface area contributed by atoms with Gasteiger partial charge >= 0.3 is 12.1 Å². The van der Waals surface area contributed by atoms with E-state index in [-0.39, 0.29) is 24.8 Å². The monoisotopic (exact) mass is 346 g/mol. The minimum Gasteiger partial charge on any atom is -0.481 e. The van der Waals surface area contributed by atoms with Crippen LogP contribution in [-0.4, -0.2) is 52.5 Å². The van der Waals surface area contributed by atoms with Gasteiger partial charge in [0.25, 0.3) is 0 Å². The molecule has 0 spiro atoms. The molecule has 8 heteroatoms. The van der Waals surface area contributed by atoms with Crippen molar-refractivity contribution in [2.24, 2.45) is 5.92 Å². The number of aliphatic hydroxyl groups is 1. The van der Waals surface area contributed by atoms with Crippen LogP contribution in [0.4, 0.5) is 4.79 Å². The van der Waals surface area contributed by atoms with Gasteiger partial charge < -0.3 is 25.6 Å². The van der Waals surface area contributed by atoms with Crippen LogP contribution in [0.1, 0.15) is 53.9 Å². The van der Waals surface area contributed by atoms with Gasteiger partial charge in [-0.1, -0.05) is 13.8 Å². The minimum atomic E-state index is -1.15. The third kappa shape index (κ3) is 10.8. The summed E-state index contributed by atoms with van der Waals surface area (Å²) >= 11 is 0. The number of amides is 2. The number of ether oxygens (including phenoxy) is 1. The number of carbonyl (C=O) groups is 3. The largest absolute Gasteiger partial charge is 0.481 e. The first-order valence-corrected chi connectivity index (χ1v) is 8.08. The van der Waals surface area contributed by atoms with Crippen LogP contribution in [0.5, 0.6) is 0 Å². The molecule has 0 unspecified atom stereocenters. The number of hydrogen-bond donors (Lipinski definition) is 4. The van der Waals surface area contributed by atoms with E-state index in [4.69, 9.17) is 9.84 Å². The first-order valence-electron chi connectivity index (χ1n) is 8.08. The van der Waals surface area contributed by atoms with Gasteiger partial charge in [-0.05, 0) is 33.1 Å². The molecule has 0 saturated carbocycles. The maximum Gasteiger partial charge on any atom is 0.407 e. The summed E-state index contributed by atoms with van der Waals surface area (Å²) in [5, 5.41) is 23.8. The van der Waals surface area contributed by atoms with Crippen LogP contribution in [0.15, 0.2) is 0 Å². The first kappa shape index (κ1) is 22.2. The van der Waals surface area contributed by atoms with Crippen LogP contribution < -0.4 is 10.6 Å². The van der Waals surface area contributed by atoms with Crippen LogP contribution in [0.3, 0.4) is 0 Å². The molecule has 0 aliphatic rings. The fourth-order valence-electron chi connectivity index (χ4n) is 2.02. The molecule has 140 valence electrons. The molecule has 0 fully saturated rings. The van der Waals surface area contributed by atoms with E-state index in [0.717, 1.165) is 0 Å². The molecule has 0 radical (unpaired) electrons. The van der Waals surface area contributed by atoms with Gasteiger partial charge in [0.1, 0.15) is 5.60 Å². The van der Waals surface area contributed by atoms with Crippen molar-refractivity contribution in [1.29, 1.82) is 0 Å². The number of nitrogens with one attached hydrogen (secondary N) is 2. The second-order valence-electron chi connectivity index (χ2n) is 7.03. The average molecular weight is 346 g/mol. The molecule has 0 aliphatic carbocycles. The maximum absolute atomic E-state index is 11.9. The molecule has 2 amide bonds. The summed E-state index contributed by atoms with van der Waals surface area (Å²) in [4.78, 5) is 34.0. The van der Waals surface area contributed by atoms with Gasteiger partial charge in [-0.25, -0.2) is 4.79 Å². The molecule has 0 rings (SSSR count). The van der Waals surface area contributed by atoms with Crippen molar-refractivity contribution >= 4 is 18.0 Å². The Kier molecular flexibility index (Phi) is 9.35. The van der Waals surface area contributed by atoms with Crippen molar-refractivity contribution in [2.45, 2.75) is 71.6 Å². The molecular formula is C16H30N2O6. The zero-order valence-electron chi connectivity index (χ0n) is 15.1. The van der Waals surface area contributed by atoms with Crippen LogP contribution >= 0.6 is 0 Å². The minimum absolute atomic E-state index is 0.108. The summed E-state index contributed by atoms with van der Waals surface area (Å²) in [6, 6.07) is -0.632. The lowest BCUT2D eigenvalue weighted by Crippen LogP contribution is -2.47. The fourth-order valence-corrected chi connectivity index (χ4v) is 2.02. The molecule has 4 N–H and O–H groups in total. The van der Waals surface area contributed by atoms with E-state index >= 15 is 0 Å². The summed E-state index contributed by atoms with van der Waals surface area (Å²) in [5.41, 5.74) is -0.577. The molecule has 0 saturated heterocycles. The summed E-state index contributed by atoms with van der Waals surface area (Å²) in [5.74, 6) is -1.53. The maximum atomic E-state index is 11.9. The number of aliphatic hydroxyl groups excluding tert-OH is 1. The fraction of sp³-hybridized carbons (Fsp3) is 0.812. The number of carbonyl (C=O) groups excluding carboxylic acids is 2. The van der Waals surface area contributed by atoms with Crippen LogP contribution in [-0.2, 0) is 14.3 Å². The van der Waals surface area contributed by atoms with Crippen LogP contribution in [0.2, 0.25) is 0 Å². The Balaban J connectivity index is 4.18. The summed E-state index contributed by atoms with van der Waals surface area (Å²) in [6.45, 7) is 9.14. The zero-order valence-corrected chi connectivity index (χ0v) is 15.1. The predicted octanol–water partition coefficient (Wildman–Crippen LogP) is 1.27. The molecule has 8 nitrogen and oxygen atoms in total. The van der Waals surface area contributed by atoms with Gasteiger partial charge in [0.05, 0.1) is 18.6 Å². The normalized spacial score (nSPS) is 14.0. The summed E-state index contributed by atoms with van der Waals surface area (Å²) in [7, 11) is 0. The highest BCUT2D eigenvalue weighted by atomic mass is 16.6. The Hall–Kier alpha value is -1.83. The van der Waals surface area contributed by atoms with Crippen molar-refractivity contribution in [2.75, 3.05) is 6.54 Å². The van der Waals surface area contributed by atoms with Gasteiger partial charge in [0, 0.05) is 13.0 Å². The number of rotatable bonds is 9. The second-order valence-corrected chi connectivity index (χ2v) is 7.03. The molecule has 24 heavy (non-hydrogen) atoms. The lowest BCUT2D eigenvalue weighted by Gasteiger charge is -2.26. The standard InChI is InChI=1S/C16H30N2O6/c1-10(2)14(11(19)9-13(21)22)18-12(20)7-6-8-17-15(23)24-16(3,4)5/h10-11,14,19H,6-9H2,1-5H3,(H,17,23)(H,18,20)(H,21,22)/t11-,14+/m0/s1. The van der Waals surface area contributed by atoms with E-state index in [2.05, 4.69) is 10.6 Å². The molecule has 0 aromatic heterocycles. The summed E-state index contributed by atoms with van der Waals surface area (Å²) < 4.78 is 5.07. The van der Waals surface area contributed by atoms with Crippen molar-refractivity contribution in [3.8, 4) is 0 Å². The van der Waals surface area contributed by atoms with Gasteiger partial charge in [0.2, 0.25) is 5.91 Å². The molecule has 0 bridgehead atoms. The lowest BCUT2D eigenvalue weighted by atomic mass is 9.96. The lowest BCUT2D eigenvalue weighted by molar-refractivity contribution is -0.140. The predicted molar refractivity (Wildman–Crippen MR) is 88.5 cm³/mol. The van der Waals surface area contributed by atoms with E-state index in [1.807, 2.05) is 0 Å². The Morgan fingerprint density at radius 2 is 1.75 bits per heavy atom. The van der Waals surface area contributed by atoms with E-state index in [0.29, 0.717) is 6.42 Å². The second kappa shape index (κ2) is 10.1. The SMILES string of the molecule is CC(C)[C@@H](NC(=O)CCCNC(=O)OC(C)(C)C)[C@@H](O)CC(=O)O. The van der Waals surface area contributed by atoms with Crippen molar-refractivity contribution in [3.05, 3.63) is 0 Å². The Bertz CT molecular complexity index is 431. The van der Waals surface area contributed by atoms with Crippen molar-refractivity contribution in [3.63, 3.8) is 0 Å². The Morgan fingerprint density at radius 3 is 2.21 bits per heavy atom. The molecule has 0 aliphatic heterocycles. The number of carboxylic acids is 1. The van der Waals surface area contributed by atoms with E-state index in [1.165, 1.54) is 0 Å². The zero-order chi connectivity index (χ0) is 18.9. The topological polar surface area (TPSA) is 125 Å². The smallest absolute Gasteiger partial charge is 0.407 e. The molecule has 2 atom stereocenters. The first-order chi connectivity index (χ1) is 10.9. The molecular weight excluding hydrogens is 316 g/mol. The van der Waals surface area contributed by atoms with Gasteiger partial charge in [0.15, 0.2) is 0 Å². The summed E-state index contributed by atoms with van der Waals surface area (Å²) in [6.07, 6.45) is -1.56. The van der Waals surface area contributed by atoms with Gasteiger partial charge in [-0.3, -0.25) is 9.59 Å². The van der Waals surface area contributed by atoms with Crippen LogP contribution in [0, 0.1) is 5.92 Å². The number of carboxylic acid groups (broad SMARTS) is 1. The van der Waals surface area contributed by atoms with E-state index in [1.54, 1.807) is 34.6 Å². The number of alkyl carbamates (subject to hydrolysis) is 1. The molecule has 0 aromatic rings.